The molecule has 0 aromatic heterocycles. The Bertz CT molecular complexity index is 1500. The van der Waals surface area contributed by atoms with E-state index < -0.39 is 0 Å². The smallest absolute Gasteiger partial charge is 0.310 e. The molecular weight excluding hydrogens is 831 g/mol. The lowest BCUT2D eigenvalue weighted by Gasteiger charge is -2.58. The fourth-order valence-electron chi connectivity index (χ4n) is 14.4. The molecule has 5 fully saturated rings. The summed E-state index contributed by atoms with van der Waals surface area (Å²) >= 11 is 0. The predicted octanol–water partition coefficient (Wildman–Crippen LogP) is 15.0. The van der Waals surface area contributed by atoms with Crippen molar-refractivity contribution >= 4 is 11.9 Å². The summed E-state index contributed by atoms with van der Waals surface area (Å²) in [6.07, 6.45) is 43.7. The van der Waals surface area contributed by atoms with Crippen LogP contribution in [-0.2, 0) is 28.5 Å². The summed E-state index contributed by atoms with van der Waals surface area (Å²) in [5.74, 6) is 3.69. The Morgan fingerprint density at radius 2 is 1.45 bits per heavy atom. The quantitative estimate of drug-likeness (QED) is 0.0378. The number of piperidine rings is 1. The van der Waals surface area contributed by atoms with Crippen LogP contribution in [0.1, 0.15) is 228 Å². The zero-order valence-corrected chi connectivity index (χ0v) is 44.4. The molecule has 0 radical (unpaired) electrons. The van der Waals surface area contributed by atoms with Crippen molar-refractivity contribution < 1.29 is 28.5 Å². The molecule has 67 heavy (non-hydrogen) atoms. The van der Waals surface area contributed by atoms with Gasteiger partial charge in [0.1, 0.15) is 12.7 Å². The molecule has 6 rings (SSSR count). The molecule has 0 aromatic rings. The second kappa shape index (κ2) is 28.4. The van der Waals surface area contributed by atoms with Gasteiger partial charge < -0.3 is 23.8 Å². The van der Waals surface area contributed by atoms with Gasteiger partial charge in [-0.05, 0) is 156 Å². The third-order valence-corrected chi connectivity index (χ3v) is 18.6. The van der Waals surface area contributed by atoms with Gasteiger partial charge in [0.2, 0.25) is 0 Å². The standard InChI is InChI=1S/C60H103NO6/c1-7-8-9-10-11-12-13-14-15-16-17-18-19-20-21-25-39-64-45-50(44-61-37-23-22-24-38-61)65-40-41-66-57(62)52-43-53(52)58(63)67-49-33-35-59(5)48(42-49)29-30-51-55-32-31-54(47(4)28-26-27-46(2)3)60(55,6)36-34-56(51)59/h14-15,29,46-47,49-56H,7-13,16-28,30-45H2,1-6H3/b15-14-/t47-,49+,50?,51?,52?,53?,54-,55?,56?,59+,60-/m1/s1. The van der Waals surface area contributed by atoms with Crippen LogP contribution in [0.25, 0.3) is 0 Å². The number of fused-ring (bicyclic) bond motifs is 5. The molecule has 1 saturated heterocycles. The average molecular weight is 934 g/mol. The highest BCUT2D eigenvalue weighted by atomic mass is 16.6. The van der Waals surface area contributed by atoms with Crippen LogP contribution in [0.3, 0.4) is 0 Å². The molecule has 7 nitrogen and oxygen atoms in total. The Morgan fingerprint density at radius 3 is 2.18 bits per heavy atom. The summed E-state index contributed by atoms with van der Waals surface area (Å²) in [4.78, 5) is 29.0. The third-order valence-electron chi connectivity index (χ3n) is 18.6. The molecule has 5 aliphatic carbocycles. The number of hydrogen-bond donors (Lipinski definition) is 0. The van der Waals surface area contributed by atoms with Crippen molar-refractivity contribution in [2.24, 2.45) is 58.2 Å². The summed E-state index contributed by atoms with van der Waals surface area (Å²) < 4.78 is 24.4. The molecule has 0 bridgehead atoms. The van der Waals surface area contributed by atoms with Crippen molar-refractivity contribution in [2.75, 3.05) is 46.1 Å². The van der Waals surface area contributed by atoms with E-state index in [1.54, 1.807) is 5.57 Å². The maximum Gasteiger partial charge on any atom is 0.310 e. The molecule has 11 atom stereocenters. The highest BCUT2D eigenvalue weighted by Crippen LogP contribution is 2.67. The van der Waals surface area contributed by atoms with Crippen LogP contribution in [0.2, 0.25) is 0 Å². The molecule has 1 aliphatic heterocycles. The van der Waals surface area contributed by atoms with Gasteiger partial charge in [-0.1, -0.05) is 149 Å². The zero-order chi connectivity index (χ0) is 47.5. The normalized spacial score (nSPS) is 31.5. The number of ether oxygens (including phenoxy) is 4. The Labute approximate surface area is 411 Å². The van der Waals surface area contributed by atoms with Crippen LogP contribution < -0.4 is 0 Å². The van der Waals surface area contributed by atoms with Crippen molar-refractivity contribution in [1.82, 2.24) is 4.90 Å². The van der Waals surface area contributed by atoms with Gasteiger partial charge in [0.15, 0.2) is 0 Å². The summed E-state index contributed by atoms with van der Waals surface area (Å²) in [6.45, 7) is 19.8. The fraction of sp³-hybridized carbons (Fsp3) is 0.900. The van der Waals surface area contributed by atoms with E-state index >= 15 is 0 Å². The van der Waals surface area contributed by atoms with Gasteiger partial charge in [0.05, 0.1) is 31.2 Å². The minimum absolute atomic E-state index is 0.0384. The van der Waals surface area contributed by atoms with Gasteiger partial charge in [-0.2, -0.15) is 0 Å². The lowest BCUT2D eigenvalue weighted by Crippen LogP contribution is -2.51. The van der Waals surface area contributed by atoms with Crippen molar-refractivity contribution in [3.63, 3.8) is 0 Å². The Hall–Kier alpha value is -1.70. The number of unbranched alkanes of at least 4 members (excludes halogenated alkanes) is 12. The largest absolute Gasteiger partial charge is 0.463 e. The molecule has 1 heterocycles. The van der Waals surface area contributed by atoms with E-state index in [-0.39, 0.29) is 48.0 Å². The first-order valence-corrected chi connectivity index (χ1v) is 29.2. The topological polar surface area (TPSA) is 74.3 Å². The van der Waals surface area contributed by atoms with Gasteiger partial charge in [-0.3, -0.25) is 9.59 Å². The number of hydrogen-bond acceptors (Lipinski definition) is 7. The monoisotopic (exact) mass is 934 g/mol. The van der Waals surface area contributed by atoms with Crippen molar-refractivity contribution in [3.8, 4) is 0 Å². The number of allylic oxidation sites excluding steroid dienone is 3. The zero-order valence-electron chi connectivity index (χ0n) is 44.4. The first kappa shape index (κ1) is 54.6. The molecule has 0 amide bonds. The average Bonchev–Trinajstić information content (AvgIpc) is 4.05. The van der Waals surface area contributed by atoms with Crippen LogP contribution >= 0.6 is 0 Å². The lowest BCUT2D eigenvalue weighted by molar-refractivity contribution is -0.157. The summed E-state index contributed by atoms with van der Waals surface area (Å²) in [5, 5.41) is 0. The van der Waals surface area contributed by atoms with Gasteiger partial charge in [0.25, 0.3) is 0 Å². The van der Waals surface area contributed by atoms with Crippen molar-refractivity contribution in [2.45, 2.75) is 240 Å². The Morgan fingerprint density at radius 1 is 0.746 bits per heavy atom. The minimum atomic E-state index is -0.384. The second-order valence-electron chi connectivity index (χ2n) is 24.1. The van der Waals surface area contributed by atoms with Crippen LogP contribution in [0, 0.1) is 58.2 Å². The highest BCUT2D eigenvalue weighted by Gasteiger charge is 2.59. The number of rotatable bonds is 32. The number of esters is 2. The van der Waals surface area contributed by atoms with E-state index in [1.165, 1.54) is 154 Å². The van der Waals surface area contributed by atoms with E-state index in [2.05, 4.69) is 64.7 Å². The first-order valence-electron chi connectivity index (χ1n) is 29.2. The fourth-order valence-corrected chi connectivity index (χ4v) is 14.4. The van der Waals surface area contributed by atoms with Gasteiger partial charge in [-0.15, -0.1) is 0 Å². The maximum absolute atomic E-state index is 13.4. The number of likely N-dealkylation sites (tertiary alicyclic amines) is 1. The Balaban J connectivity index is 0.831. The molecule has 384 valence electrons. The van der Waals surface area contributed by atoms with Crippen LogP contribution in [0.4, 0.5) is 0 Å². The van der Waals surface area contributed by atoms with Crippen LogP contribution in [0.5, 0.6) is 0 Å². The van der Waals surface area contributed by atoms with Gasteiger partial charge in [0, 0.05) is 19.6 Å². The lowest BCUT2D eigenvalue weighted by atomic mass is 9.47. The van der Waals surface area contributed by atoms with Crippen molar-refractivity contribution in [1.29, 1.82) is 0 Å². The molecule has 0 aromatic carbocycles. The van der Waals surface area contributed by atoms with E-state index in [4.69, 9.17) is 18.9 Å². The van der Waals surface area contributed by atoms with Gasteiger partial charge in [-0.25, -0.2) is 0 Å². The predicted molar refractivity (Wildman–Crippen MR) is 276 cm³/mol. The summed E-state index contributed by atoms with van der Waals surface area (Å²) in [6, 6.07) is 0. The molecular formula is C60H103NO6. The molecule has 4 saturated carbocycles. The number of nitrogens with zero attached hydrogens (tertiary/aromatic N) is 1. The molecule has 0 N–H and O–H groups in total. The summed E-state index contributed by atoms with van der Waals surface area (Å²) in [5.41, 5.74) is 2.27. The molecule has 6 unspecified atom stereocenters. The SMILES string of the molecule is CCCCCCCC/C=C\CCCCCCCCOCC(CN1CCCCC1)OCCOC(=O)C1CC1C(=O)O[C@H]1CC[C@@]2(C)C(=CCC3C2CC[C@@]2(C)C3CC[C@@H]2[C@H](C)CCCC(C)C)C1. The molecule has 0 spiro atoms. The van der Waals surface area contributed by atoms with Crippen LogP contribution in [-0.4, -0.2) is 75.1 Å². The third kappa shape index (κ3) is 16.4. The number of carbonyl (C=O) groups is 2. The maximum atomic E-state index is 13.4. The second-order valence-corrected chi connectivity index (χ2v) is 24.1. The van der Waals surface area contributed by atoms with E-state index in [9.17, 15) is 9.59 Å². The summed E-state index contributed by atoms with van der Waals surface area (Å²) in [7, 11) is 0. The van der Waals surface area contributed by atoms with Gasteiger partial charge >= 0.3 is 11.9 Å². The highest BCUT2D eigenvalue weighted by molar-refractivity contribution is 5.87. The van der Waals surface area contributed by atoms with E-state index in [0.717, 1.165) is 87.4 Å². The molecule has 6 aliphatic rings. The van der Waals surface area contributed by atoms with E-state index in [1.807, 2.05) is 0 Å². The molecule has 7 heteroatoms. The van der Waals surface area contributed by atoms with Crippen molar-refractivity contribution in [3.05, 3.63) is 23.8 Å². The van der Waals surface area contributed by atoms with Crippen LogP contribution in [0.15, 0.2) is 23.8 Å². The number of carbonyl (C=O) groups excluding carboxylic acids is 2. The van der Waals surface area contributed by atoms with E-state index in [0.29, 0.717) is 25.0 Å². The first-order chi connectivity index (χ1) is 32.5. The Kier molecular flexibility index (Phi) is 23.1. The minimum Gasteiger partial charge on any atom is -0.463 e.